The smallest absolute Gasteiger partial charge is 0.247 e. The quantitative estimate of drug-likeness (QED) is 0.344. The van der Waals surface area contributed by atoms with Crippen LogP contribution in [0.3, 0.4) is 0 Å². The molecule has 1 aromatic rings. The van der Waals surface area contributed by atoms with Crippen molar-refractivity contribution < 1.29 is 24.2 Å². The summed E-state index contributed by atoms with van der Waals surface area (Å²) in [5.74, 6) is -1.67. The molecule has 0 saturated carbocycles. The summed E-state index contributed by atoms with van der Waals surface area (Å²) >= 11 is 1.67. The number of aliphatic hydroxyl groups excluding tert-OH is 1. The van der Waals surface area contributed by atoms with Crippen molar-refractivity contribution in [2.45, 2.75) is 54.7 Å². The molecule has 5 rings (SSSR count). The number of aliphatic hydroxyl groups is 1. The number of fused-ring (bicyclic) bond motifs is 1. The van der Waals surface area contributed by atoms with Crippen LogP contribution >= 0.6 is 11.8 Å². The second-order valence-corrected chi connectivity index (χ2v) is 14.2. The Hall–Kier alpha value is -2.66. The van der Waals surface area contributed by atoms with Crippen LogP contribution < -0.4 is 4.90 Å². The SMILES string of the molecule is C=CCN(CCN1CCOCC1)C(=O)C1N([C@@H](CC)CO)C(=O)[C@@H]2[C@H](C(=O)N(CC=C)c3ccccc3)[C@]3(C)CCC12S3. The number of rotatable bonds is 13. The van der Waals surface area contributed by atoms with E-state index in [0.717, 1.165) is 25.2 Å². The number of hydrogen-bond acceptors (Lipinski definition) is 7. The van der Waals surface area contributed by atoms with Crippen molar-refractivity contribution in [3.63, 3.8) is 0 Å². The second-order valence-electron chi connectivity index (χ2n) is 12.3. The number of hydrogen-bond donors (Lipinski definition) is 1. The van der Waals surface area contributed by atoms with Gasteiger partial charge in [0.15, 0.2) is 0 Å². The van der Waals surface area contributed by atoms with Crippen molar-refractivity contribution in [1.82, 2.24) is 14.7 Å². The highest BCUT2D eigenvalue weighted by atomic mass is 32.2. The van der Waals surface area contributed by atoms with Crippen LogP contribution in [0.15, 0.2) is 55.6 Å². The number of amides is 3. The maximum absolute atomic E-state index is 14.7. The molecule has 0 radical (unpaired) electrons. The monoisotopic (exact) mass is 610 g/mol. The average Bonchev–Trinajstić information content (AvgIpc) is 3.60. The van der Waals surface area contributed by atoms with Crippen LogP contribution in [0.4, 0.5) is 5.69 Å². The third-order valence-corrected chi connectivity index (χ3v) is 11.9. The Morgan fingerprint density at radius 1 is 1.14 bits per heavy atom. The van der Waals surface area contributed by atoms with Crippen molar-refractivity contribution >= 4 is 35.2 Å². The molecule has 0 aliphatic carbocycles. The van der Waals surface area contributed by atoms with E-state index in [1.165, 1.54) is 0 Å². The molecular weight excluding hydrogens is 564 g/mol. The van der Waals surface area contributed by atoms with Gasteiger partial charge in [0.1, 0.15) is 6.04 Å². The van der Waals surface area contributed by atoms with Crippen LogP contribution in [0.25, 0.3) is 0 Å². The first-order valence-corrected chi connectivity index (χ1v) is 16.4. The van der Waals surface area contributed by atoms with Gasteiger partial charge in [-0.25, -0.2) is 0 Å². The molecule has 1 N–H and O–H groups in total. The molecular formula is C33H46N4O5S. The molecule has 2 unspecified atom stereocenters. The molecule has 4 aliphatic heterocycles. The average molecular weight is 611 g/mol. The fourth-order valence-electron chi connectivity index (χ4n) is 7.76. The minimum absolute atomic E-state index is 0.110. The molecule has 1 spiro atoms. The van der Waals surface area contributed by atoms with E-state index in [9.17, 15) is 19.5 Å². The van der Waals surface area contributed by atoms with Gasteiger partial charge in [-0.15, -0.1) is 24.9 Å². The first kappa shape index (κ1) is 31.8. The first-order valence-electron chi connectivity index (χ1n) is 15.6. The van der Waals surface area contributed by atoms with Crippen LogP contribution in [-0.4, -0.2) is 118 Å². The predicted octanol–water partition coefficient (Wildman–Crippen LogP) is 2.80. The number of carbonyl (C=O) groups excluding carboxylic acids is 3. The van der Waals surface area contributed by atoms with Gasteiger partial charge in [0, 0.05) is 49.7 Å². The highest BCUT2D eigenvalue weighted by Crippen LogP contribution is 2.72. The number of morpholine rings is 1. The maximum atomic E-state index is 14.7. The molecule has 234 valence electrons. The number of nitrogens with zero attached hydrogens (tertiary/aromatic N) is 4. The summed E-state index contributed by atoms with van der Waals surface area (Å²) in [6.07, 6.45) is 5.35. The van der Waals surface area contributed by atoms with Gasteiger partial charge in [-0.2, -0.15) is 0 Å². The summed E-state index contributed by atoms with van der Waals surface area (Å²) < 4.78 is 4.25. The number of anilines is 1. The summed E-state index contributed by atoms with van der Waals surface area (Å²) in [4.78, 5) is 51.3. The zero-order valence-electron chi connectivity index (χ0n) is 25.5. The van der Waals surface area contributed by atoms with E-state index >= 15 is 0 Å². The Balaban J connectivity index is 1.52. The number of ether oxygens (including phenoxy) is 1. The molecule has 4 heterocycles. The number of benzene rings is 1. The number of carbonyl (C=O) groups is 3. The van der Waals surface area contributed by atoms with Crippen LogP contribution in [0.1, 0.15) is 33.1 Å². The lowest BCUT2D eigenvalue weighted by Crippen LogP contribution is -2.58. The van der Waals surface area contributed by atoms with Crippen LogP contribution in [-0.2, 0) is 19.1 Å². The maximum Gasteiger partial charge on any atom is 0.247 e. The van der Waals surface area contributed by atoms with Crippen LogP contribution in [0.5, 0.6) is 0 Å². The molecule has 4 fully saturated rings. The molecule has 10 heteroatoms. The fourth-order valence-corrected chi connectivity index (χ4v) is 10.1. The molecule has 4 saturated heterocycles. The lowest BCUT2D eigenvalue weighted by molar-refractivity contribution is -0.146. The van der Waals surface area contributed by atoms with E-state index in [1.54, 1.807) is 33.7 Å². The van der Waals surface area contributed by atoms with Gasteiger partial charge >= 0.3 is 0 Å². The van der Waals surface area contributed by atoms with E-state index in [2.05, 4.69) is 25.0 Å². The number of para-hydroxylation sites is 1. The molecule has 2 bridgehead atoms. The molecule has 0 aromatic heterocycles. The van der Waals surface area contributed by atoms with Crippen LogP contribution in [0, 0.1) is 11.8 Å². The molecule has 4 aliphatic rings. The fraction of sp³-hybridized carbons (Fsp3) is 0.606. The van der Waals surface area contributed by atoms with Gasteiger partial charge in [-0.1, -0.05) is 37.3 Å². The van der Waals surface area contributed by atoms with Gasteiger partial charge < -0.3 is 24.5 Å². The summed E-state index contributed by atoms with van der Waals surface area (Å²) in [5, 5.41) is 10.4. The largest absolute Gasteiger partial charge is 0.394 e. The highest BCUT2D eigenvalue weighted by Gasteiger charge is 2.78. The Morgan fingerprint density at radius 2 is 1.84 bits per heavy atom. The summed E-state index contributed by atoms with van der Waals surface area (Å²) in [7, 11) is 0. The summed E-state index contributed by atoms with van der Waals surface area (Å²) in [6, 6.07) is 8.23. The van der Waals surface area contributed by atoms with Crippen molar-refractivity contribution in [3.8, 4) is 0 Å². The third-order valence-electron chi connectivity index (χ3n) is 9.89. The van der Waals surface area contributed by atoms with Crippen molar-refractivity contribution in [2.75, 3.05) is 64.0 Å². The minimum atomic E-state index is -0.763. The first-order chi connectivity index (χ1) is 20.8. The molecule has 3 amide bonds. The van der Waals surface area contributed by atoms with Gasteiger partial charge in [0.25, 0.3) is 0 Å². The van der Waals surface area contributed by atoms with E-state index in [1.807, 2.05) is 42.2 Å². The standard InChI is InChI=1S/C33H46N4O5S/c1-5-15-35(18-17-34-19-21-42-22-20-34)31(41)28-33-14-13-32(4,43-33)26(27(33)30(40)37(28)24(7-3)23-38)29(39)36(16-6-2)25-11-9-8-10-12-25/h5-6,8-12,24,26-28,38H,1-2,7,13-23H2,3-4H3/t24-,26+,27-,28?,32-,33?/m0/s1. The predicted molar refractivity (Wildman–Crippen MR) is 170 cm³/mol. The zero-order valence-corrected chi connectivity index (χ0v) is 26.3. The van der Waals surface area contributed by atoms with Gasteiger partial charge in [0.05, 0.1) is 42.4 Å². The van der Waals surface area contributed by atoms with Crippen LogP contribution in [0.2, 0.25) is 0 Å². The zero-order chi connectivity index (χ0) is 30.8. The van der Waals surface area contributed by atoms with Crippen molar-refractivity contribution in [1.29, 1.82) is 0 Å². The molecule has 1 aromatic carbocycles. The Morgan fingerprint density at radius 3 is 2.47 bits per heavy atom. The van der Waals surface area contributed by atoms with E-state index in [0.29, 0.717) is 52.2 Å². The second kappa shape index (κ2) is 13.1. The van der Waals surface area contributed by atoms with Crippen molar-refractivity contribution in [3.05, 3.63) is 55.6 Å². The van der Waals surface area contributed by atoms with Gasteiger partial charge in [-0.05, 0) is 38.3 Å². The van der Waals surface area contributed by atoms with E-state index in [4.69, 9.17) is 4.74 Å². The lowest BCUT2D eigenvalue weighted by Gasteiger charge is -2.40. The summed E-state index contributed by atoms with van der Waals surface area (Å²) in [5.41, 5.74) is 0.759. The van der Waals surface area contributed by atoms with Crippen molar-refractivity contribution in [2.24, 2.45) is 11.8 Å². The molecule has 6 atom stereocenters. The Labute approximate surface area is 259 Å². The number of likely N-dealkylation sites (tertiary alicyclic amines) is 1. The molecule has 43 heavy (non-hydrogen) atoms. The molecule has 9 nitrogen and oxygen atoms in total. The van der Waals surface area contributed by atoms with E-state index < -0.39 is 33.4 Å². The summed E-state index contributed by atoms with van der Waals surface area (Å²) in [6.45, 7) is 16.5. The highest BCUT2D eigenvalue weighted by molar-refractivity contribution is 8.02. The van der Waals surface area contributed by atoms with Gasteiger partial charge in [-0.3, -0.25) is 19.3 Å². The van der Waals surface area contributed by atoms with E-state index in [-0.39, 0.29) is 24.3 Å². The normalized spacial score (nSPS) is 30.6. The minimum Gasteiger partial charge on any atom is -0.394 e. The lowest BCUT2D eigenvalue weighted by atomic mass is 9.66. The Bertz CT molecular complexity index is 1200. The Kier molecular flexibility index (Phi) is 9.70. The third kappa shape index (κ3) is 5.56. The van der Waals surface area contributed by atoms with Gasteiger partial charge in [0.2, 0.25) is 17.7 Å². The number of thioether (sulfide) groups is 1. The topological polar surface area (TPSA) is 93.6 Å².